The van der Waals surface area contributed by atoms with Crippen LogP contribution in [0.15, 0.2) is 0 Å². The minimum Gasteiger partial charge on any atom is -0.479 e. The summed E-state index contributed by atoms with van der Waals surface area (Å²) >= 11 is 0. The predicted octanol–water partition coefficient (Wildman–Crippen LogP) is 0.0242. The highest BCUT2D eigenvalue weighted by Gasteiger charge is 2.42. The van der Waals surface area contributed by atoms with Gasteiger partial charge in [-0.15, -0.1) is 10.2 Å². The minimum absolute atomic E-state index is 0.166. The smallest absolute Gasteiger partial charge is 0.408 e. The van der Waals surface area contributed by atoms with E-state index in [1.165, 1.54) is 6.92 Å². The molecule has 0 aliphatic rings. The summed E-state index contributed by atoms with van der Waals surface area (Å²) in [5.41, 5.74) is -2.55. The minimum atomic E-state index is -1.81. The number of H-pyrrole nitrogens is 1. The molecule has 0 aromatic carbocycles. The zero-order chi connectivity index (χ0) is 14.0. The summed E-state index contributed by atoms with van der Waals surface area (Å²) in [4.78, 5) is 22.8. The van der Waals surface area contributed by atoms with Crippen molar-refractivity contribution in [2.45, 2.75) is 38.8 Å². The van der Waals surface area contributed by atoms with Crippen molar-refractivity contribution in [3.8, 4) is 0 Å². The van der Waals surface area contributed by atoms with Crippen LogP contribution in [0.25, 0.3) is 0 Å². The number of carbonyl (C=O) groups excluding carboxylic acids is 1. The maximum absolute atomic E-state index is 11.6. The normalized spacial score (nSPS) is 14.7. The number of rotatable bonds is 3. The largest absolute Gasteiger partial charge is 0.479 e. The van der Waals surface area contributed by atoms with Crippen LogP contribution in [-0.2, 0) is 15.1 Å². The van der Waals surface area contributed by atoms with E-state index < -0.39 is 23.2 Å². The van der Waals surface area contributed by atoms with Crippen LogP contribution < -0.4 is 5.32 Å². The molecular weight excluding hydrogens is 242 g/mol. The molecule has 3 N–H and O–H groups in total. The summed E-state index contributed by atoms with van der Waals surface area (Å²) in [6.07, 6.45) is -0.878. The summed E-state index contributed by atoms with van der Waals surface area (Å²) in [5.74, 6) is -1.49. The number of nitrogens with zero attached hydrogens (tertiary/aromatic N) is 3. The van der Waals surface area contributed by atoms with E-state index in [9.17, 15) is 9.59 Å². The van der Waals surface area contributed by atoms with Crippen molar-refractivity contribution in [3.05, 3.63) is 5.82 Å². The van der Waals surface area contributed by atoms with Crippen LogP contribution in [-0.4, -0.2) is 43.4 Å². The predicted molar refractivity (Wildman–Crippen MR) is 58.5 cm³/mol. The number of carboxylic acids is 1. The van der Waals surface area contributed by atoms with Crippen molar-refractivity contribution >= 4 is 12.1 Å². The molecule has 0 saturated heterocycles. The van der Waals surface area contributed by atoms with Gasteiger partial charge in [-0.3, -0.25) is 5.32 Å². The van der Waals surface area contributed by atoms with Crippen LogP contribution in [0.2, 0.25) is 0 Å². The monoisotopic (exact) mass is 257 g/mol. The van der Waals surface area contributed by atoms with Crippen LogP contribution in [0, 0.1) is 0 Å². The highest BCUT2D eigenvalue weighted by Crippen LogP contribution is 2.17. The van der Waals surface area contributed by atoms with E-state index in [1.807, 2.05) is 0 Å². The average molecular weight is 257 g/mol. The van der Waals surface area contributed by atoms with Crippen LogP contribution in [0.4, 0.5) is 4.79 Å². The van der Waals surface area contributed by atoms with Gasteiger partial charge in [0.2, 0.25) is 11.4 Å². The first-order valence-electron chi connectivity index (χ1n) is 5.13. The number of aromatic amines is 1. The molecule has 1 aromatic rings. The second-order valence-electron chi connectivity index (χ2n) is 4.79. The summed E-state index contributed by atoms with van der Waals surface area (Å²) in [6, 6.07) is 0. The van der Waals surface area contributed by atoms with Gasteiger partial charge in [0.05, 0.1) is 0 Å². The standard InChI is InChI=1S/C9H15N5O4/c1-8(2,3)18-7(17)10-9(4,6(15)16)5-11-13-14-12-5/h1-4H3,(H,10,17)(H,15,16)(H,11,12,13,14). The number of aliphatic carboxylic acids is 1. The number of nitrogens with one attached hydrogen (secondary N) is 2. The van der Waals surface area contributed by atoms with Gasteiger partial charge in [0, 0.05) is 0 Å². The van der Waals surface area contributed by atoms with Gasteiger partial charge in [-0.2, -0.15) is 5.21 Å². The lowest BCUT2D eigenvalue weighted by Crippen LogP contribution is -2.51. The third-order valence-corrected chi connectivity index (χ3v) is 1.97. The van der Waals surface area contributed by atoms with Crippen molar-refractivity contribution in [2.24, 2.45) is 0 Å². The second kappa shape index (κ2) is 4.59. The average Bonchev–Trinajstić information content (AvgIpc) is 2.66. The lowest BCUT2D eigenvalue weighted by molar-refractivity contribution is -0.144. The Morgan fingerprint density at radius 2 is 1.94 bits per heavy atom. The quantitative estimate of drug-likeness (QED) is 0.695. The molecule has 18 heavy (non-hydrogen) atoms. The van der Waals surface area contributed by atoms with Crippen molar-refractivity contribution in [2.75, 3.05) is 0 Å². The number of carbonyl (C=O) groups is 2. The summed E-state index contributed by atoms with van der Waals surface area (Å²) in [6.45, 7) is 6.24. The highest BCUT2D eigenvalue weighted by atomic mass is 16.6. The molecule has 9 nitrogen and oxygen atoms in total. The molecule has 100 valence electrons. The summed E-state index contributed by atoms with van der Waals surface area (Å²) in [7, 11) is 0. The Morgan fingerprint density at radius 3 is 2.33 bits per heavy atom. The van der Waals surface area contributed by atoms with Crippen molar-refractivity contribution in [1.29, 1.82) is 0 Å². The van der Waals surface area contributed by atoms with E-state index in [-0.39, 0.29) is 5.82 Å². The first kappa shape index (κ1) is 13.9. The SMILES string of the molecule is CC(C)(C)OC(=O)NC(C)(C(=O)O)c1nn[nH]n1. The maximum atomic E-state index is 11.6. The molecule has 0 spiro atoms. The number of ether oxygens (including phenoxy) is 1. The fourth-order valence-electron chi connectivity index (χ4n) is 1.09. The van der Waals surface area contributed by atoms with E-state index in [4.69, 9.17) is 9.84 Å². The van der Waals surface area contributed by atoms with Crippen molar-refractivity contribution in [3.63, 3.8) is 0 Å². The van der Waals surface area contributed by atoms with Gasteiger partial charge >= 0.3 is 12.1 Å². The fourth-order valence-corrected chi connectivity index (χ4v) is 1.09. The number of alkyl carbamates (subject to hydrolysis) is 1. The number of amides is 1. The molecule has 0 aliphatic carbocycles. The summed E-state index contributed by atoms with van der Waals surface area (Å²) < 4.78 is 4.98. The Labute approximate surface area is 103 Å². The number of hydrogen-bond donors (Lipinski definition) is 3. The molecule has 0 radical (unpaired) electrons. The van der Waals surface area contributed by atoms with E-state index in [0.717, 1.165) is 0 Å². The second-order valence-corrected chi connectivity index (χ2v) is 4.79. The summed E-state index contributed by atoms with van der Waals surface area (Å²) in [5, 5.41) is 23.9. The first-order valence-corrected chi connectivity index (χ1v) is 5.13. The molecule has 0 bridgehead atoms. The molecule has 1 amide bonds. The molecular formula is C9H15N5O4. The number of hydrogen-bond acceptors (Lipinski definition) is 6. The Bertz CT molecular complexity index is 438. The lowest BCUT2D eigenvalue weighted by Gasteiger charge is -2.25. The molecule has 1 atom stereocenters. The molecule has 0 fully saturated rings. The van der Waals surface area contributed by atoms with Crippen LogP contribution in [0.3, 0.4) is 0 Å². The van der Waals surface area contributed by atoms with Crippen molar-refractivity contribution in [1.82, 2.24) is 25.9 Å². The Hall–Kier alpha value is -2.19. The van der Waals surface area contributed by atoms with Gasteiger partial charge in [-0.25, -0.2) is 9.59 Å². The van der Waals surface area contributed by atoms with Gasteiger partial charge in [0.25, 0.3) is 0 Å². The molecule has 1 rings (SSSR count). The first-order chi connectivity index (χ1) is 8.15. The fraction of sp³-hybridized carbons (Fsp3) is 0.667. The van der Waals surface area contributed by atoms with Crippen LogP contribution in [0.5, 0.6) is 0 Å². The maximum Gasteiger partial charge on any atom is 0.408 e. The van der Waals surface area contributed by atoms with Crippen LogP contribution in [0.1, 0.15) is 33.5 Å². The lowest BCUT2D eigenvalue weighted by atomic mass is 10.0. The van der Waals surface area contributed by atoms with Crippen LogP contribution >= 0.6 is 0 Å². The number of carboxylic acid groups (broad SMARTS) is 1. The zero-order valence-electron chi connectivity index (χ0n) is 10.5. The zero-order valence-corrected chi connectivity index (χ0v) is 10.5. The van der Waals surface area contributed by atoms with Crippen molar-refractivity contribution < 1.29 is 19.4 Å². The molecule has 9 heteroatoms. The van der Waals surface area contributed by atoms with Gasteiger partial charge in [0.1, 0.15) is 5.60 Å². The Morgan fingerprint density at radius 1 is 1.33 bits per heavy atom. The number of tetrazole rings is 1. The third-order valence-electron chi connectivity index (χ3n) is 1.97. The Kier molecular flexibility index (Phi) is 3.54. The van der Waals surface area contributed by atoms with E-state index in [1.54, 1.807) is 20.8 Å². The number of aromatic nitrogens is 4. The van der Waals surface area contributed by atoms with Gasteiger partial charge in [-0.1, -0.05) is 5.21 Å². The third kappa shape index (κ3) is 3.15. The molecule has 1 heterocycles. The Balaban J connectivity index is 2.89. The van der Waals surface area contributed by atoms with E-state index >= 15 is 0 Å². The van der Waals surface area contributed by atoms with E-state index in [0.29, 0.717) is 0 Å². The molecule has 1 aromatic heterocycles. The van der Waals surface area contributed by atoms with Gasteiger partial charge < -0.3 is 9.84 Å². The van der Waals surface area contributed by atoms with E-state index in [2.05, 4.69) is 25.9 Å². The molecule has 1 unspecified atom stereocenters. The molecule has 0 saturated carbocycles. The van der Waals surface area contributed by atoms with Gasteiger partial charge in [-0.05, 0) is 27.7 Å². The molecule has 0 aliphatic heterocycles. The topological polar surface area (TPSA) is 130 Å². The van der Waals surface area contributed by atoms with Gasteiger partial charge in [0.15, 0.2) is 0 Å². The highest BCUT2D eigenvalue weighted by molar-refractivity contribution is 5.84.